The van der Waals surface area contributed by atoms with Crippen LogP contribution in [0, 0.1) is 0 Å². The predicted octanol–water partition coefficient (Wildman–Crippen LogP) is 1.64. The number of carbonyl (C=O) groups excluding carboxylic acids is 1. The molecule has 0 saturated carbocycles. The van der Waals surface area contributed by atoms with Crippen molar-refractivity contribution >= 4 is 5.97 Å². The Bertz CT molecular complexity index is 325. The van der Waals surface area contributed by atoms with E-state index in [2.05, 4.69) is 4.98 Å². The maximum Gasteiger partial charge on any atom is 0.307 e. The number of nitrogens with zero attached hydrogens (tertiary/aromatic N) is 2. The van der Waals surface area contributed by atoms with Gasteiger partial charge >= 0.3 is 5.97 Å². The molecule has 88 valence electrons. The van der Waals surface area contributed by atoms with Crippen LogP contribution < -0.4 is 0 Å². The van der Waals surface area contributed by atoms with Crippen molar-refractivity contribution in [3.05, 3.63) is 30.1 Å². The van der Waals surface area contributed by atoms with Gasteiger partial charge in [0.2, 0.25) is 0 Å². The molecule has 16 heavy (non-hydrogen) atoms. The van der Waals surface area contributed by atoms with Crippen LogP contribution in [0.3, 0.4) is 0 Å². The van der Waals surface area contributed by atoms with Gasteiger partial charge in [0.15, 0.2) is 0 Å². The number of hydrogen-bond donors (Lipinski definition) is 0. The van der Waals surface area contributed by atoms with E-state index in [1.165, 1.54) is 0 Å². The van der Waals surface area contributed by atoms with Crippen molar-refractivity contribution in [3.8, 4) is 0 Å². The molecule has 0 saturated heterocycles. The molecule has 0 bridgehead atoms. The lowest BCUT2D eigenvalue weighted by Crippen LogP contribution is -2.24. The summed E-state index contributed by atoms with van der Waals surface area (Å²) in [5.74, 6) is -0.188. The molecule has 0 aromatic carbocycles. The summed E-state index contributed by atoms with van der Waals surface area (Å²) < 4.78 is 4.95. The van der Waals surface area contributed by atoms with Crippen molar-refractivity contribution in [1.29, 1.82) is 0 Å². The highest BCUT2D eigenvalue weighted by molar-refractivity contribution is 5.70. The zero-order chi connectivity index (χ0) is 12.0. The van der Waals surface area contributed by atoms with Crippen molar-refractivity contribution in [3.63, 3.8) is 0 Å². The van der Waals surface area contributed by atoms with Crippen molar-refractivity contribution < 1.29 is 9.53 Å². The molecule has 0 N–H and O–H groups in total. The highest BCUT2D eigenvalue weighted by atomic mass is 16.5. The van der Waals surface area contributed by atoms with Gasteiger partial charge in [-0.2, -0.15) is 0 Å². The summed E-state index contributed by atoms with van der Waals surface area (Å²) in [6.07, 6.45) is 2.06. The molecular formula is C12H18N2O2. The monoisotopic (exact) mass is 222 g/mol. The molecular weight excluding hydrogens is 204 g/mol. The molecule has 0 aliphatic rings. The third kappa shape index (κ3) is 3.62. The van der Waals surface area contributed by atoms with Crippen LogP contribution >= 0.6 is 0 Å². The van der Waals surface area contributed by atoms with Gasteiger partial charge in [0.05, 0.1) is 24.8 Å². The molecule has 0 aliphatic heterocycles. The summed E-state index contributed by atoms with van der Waals surface area (Å²) in [6, 6.07) is 5.68. The van der Waals surface area contributed by atoms with Gasteiger partial charge in [-0.3, -0.25) is 9.78 Å². The zero-order valence-electron chi connectivity index (χ0n) is 10.0. The van der Waals surface area contributed by atoms with Gasteiger partial charge in [-0.05, 0) is 33.2 Å². The topological polar surface area (TPSA) is 42.4 Å². The first-order valence-corrected chi connectivity index (χ1v) is 5.38. The van der Waals surface area contributed by atoms with Gasteiger partial charge in [-0.1, -0.05) is 6.07 Å². The normalized spacial score (nSPS) is 12.5. The number of ether oxygens (including phenoxy) is 1. The van der Waals surface area contributed by atoms with E-state index in [-0.39, 0.29) is 12.0 Å². The van der Waals surface area contributed by atoms with Crippen molar-refractivity contribution in [2.45, 2.75) is 19.4 Å². The molecule has 1 unspecified atom stereocenters. The number of carbonyl (C=O) groups is 1. The average Bonchev–Trinajstić information content (AvgIpc) is 2.27. The third-order valence-electron chi connectivity index (χ3n) is 2.32. The molecule has 4 nitrogen and oxygen atoms in total. The zero-order valence-corrected chi connectivity index (χ0v) is 10.0. The molecule has 1 aromatic rings. The molecule has 0 spiro atoms. The number of hydrogen-bond acceptors (Lipinski definition) is 4. The van der Waals surface area contributed by atoms with Gasteiger partial charge < -0.3 is 9.64 Å². The Kier molecular flexibility index (Phi) is 4.92. The second kappa shape index (κ2) is 6.23. The number of esters is 1. The lowest BCUT2D eigenvalue weighted by Gasteiger charge is -2.22. The van der Waals surface area contributed by atoms with E-state index in [1.807, 2.05) is 44.1 Å². The maximum atomic E-state index is 11.5. The smallest absolute Gasteiger partial charge is 0.307 e. The summed E-state index contributed by atoms with van der Waals surface area (Å²) in [4.78, 5) is 17.7. The molecule has 0 amide bonds. The average molecular weight is 222 g/mol. The maximum absolute atomic E-state index is 11.5. The standard InChI is InChI=1S/C12H18N2O2/c1-4-16-12(15)9-11(14(2)3)10-7-5-6-8-13-10/h5-8,11H,4,9H2,1-3H3. The lowest BCUT2D eigenvalue weighted by atomic mass is 10.1. The Morgan fingerprint density at radius 2 is 2.25 bits per heavy atom. The van der Waals surface area contributed by atoms with Crippen LogP contribution in [0.1, 0.15) is 25.1 Å². The molecule has 1 aromatic heterocycles. The van der Waals surface area contributed by atoms with Gasteiger partial charge in [0, 0.05) is 6.20 Å². The summed E-state index contributed by atoms with van der Waals surface area (Å²) in [6.45, 7) is 2.23. The SMILES string of the molecule is CCOC(=O)CC(c1ccccn1)N(C)C. The minimum Gasteiger partial charge on any atom is -0.466 e. The fourth-order valence-corrected chi connectivity index (χ4v) is 1.50. The van der Waals surface area contributed by atoms with E-state index in [0.29, 0.717) is 13.0 Å². The van der Waals surface area contributed by atoms with Crippen molar-refractivity contribution in [1.82, 2.24) is 9.88 Å². The molecule has 0 aliphatic carbocycles. The van der Waals surface area contributed by atoms with Crippen LogP contribution in [0.4, 0.5) is 0 Å². The third-order valence-corrected chi connectivity index (χ3v) is 2.32. The molecule has 1 atom stereocenters. The van der Waals surface area contributed by atoms with Crippen LogP contribution in [-0.2, 0) is 9.53 Å². The largest absolute Gasteiger partial charge is 0.466 e. The summed E-state index contributed by atoms with van der Waals surface area (Å²) >= 11 is 0. The van der Waals surface area contributed by atoms with E-state index >= 15 is 0 Å². The van der Waals surface area contributed by atoms with Crippen LogP contribution in [0.15, 0.2) is 24.4 Å². The number of rotatable bonds is 5. The lowest BCUT2D eigenvalue weighted by molar-refractivity contribution is -0.144. The van der Waals surface area contributed by atoms with Crippen molar-refractivity contribution in [2.24, 2.45) is 0 Å². The Morgan fingerprint density at radius 3 is 2.75 bits per heavy atom. The Morgan fingerprint density at radius 1 is 1.50 bits per heavy atom. The minimum absolute atomic E-state index is 0.0275. The number of aromatic nitrogens is 1. The minimum atomic E-state index is -0.188. The van der Waals surface area contributed by atoms with Gasteiger partial charge in [0.25, 0.3) is 0 Å². The van der Waals surface area contributed by atoms with Crippen LogP contribution in [0.5, 0.6) is 0 Å². The first-order chi connectivity index (χ1) is 7.65. The fourth-order valence-electron chi connectivity index (χ4n) is 1.50. The van der Waals surface area contributed by atoms with E-state index < -0.39 is 0 Å². The van der Waals surface area contributed by atoms with Crippen LogP contribution in [0.2, 0.25) is 0 Å². The summed E-state index contributed by atoms with van der Waals surface area (Å²) in [7, 11) is 3.86. The van der Waals surface area contributed by atoms with E-state index in [9.17, 15) is 4.79 Å². The second-order valence-electron chi connectivity index (χ2n) is 3.74. The van der Waals surface area contributed by atoms with E-state index in [0.717, 1.165) is 5.69 Å². The molecule has 0 radical (unpaired) electrons. The second-order valence-corrected chi connectivity index (χ2v) is 3.74. The Labute approximate surface area is 96.2 Å². The first kappa shape index (κ1) is 12.6. The highest BCUT2D eigenvalue weighted by Crippen LogP contribution is 2.19. The Hall–Kier alpha value is -1.42. The number of pyridine rings is 1. The molecule has 1 heterocycles. The van der Waals surface area contributed by atoms with Crippen LogP contribution in [0.25, 0.3) is 0 Å². The highest BCUT2D eigenvalue weighted by Gasteiger charge is 2.19. The van der Waals surface area contributed by atoms with Gasteiger partial charge in [-0.25, -0.2) is 0 Å². The molecule has 4 heteroatoms. The van der Waals surface area contributed by atoms with Crippen molar-refractivity contribution in [2.75, 3.05) is 20.7 Å². The first-order valence-electron chi connectivity index (χ1n) is 5.38. The van der Waals surface area contributed by atoms with E-state index in [1.54, 1.807) is 6.20 Å². The van der Waals surface area contributed by atoms with Crippen LogP contribution in [-0.4, -0.2) is 36.6 Å². The molecule has 1 rings (SSSR count). The Balaban J connectivity index is 2.73. The predicted molar refractivity (Wildman–Crippen MR) is 61.9 cm³/mol. The quantitative estimate of drug-likeness (QED) is 0.710. The summed E-state index contributed by atoms with van der Waals surface area (Å²) in [5, 5.41) is 0. The summed E-state index contributed by atoms with van der Waals surface area (Å²) in [5.41, 5.74) is 0.889. The van der Waals surface area contributed by atoms with Gasteiger partial charge in [0.1, 0.15) is 0 Å². The molecule has 0 fully saturated rings. The van der Waals surface area contributed by atoms with Gasteiger partial charge in [-0.15, -0.1) is 0 Å². The van der Waals surface area contributed by atoms with E-state index in [4.69, 9.17) is 4.74 Å². The fraction of sp³-hybridized carbons (Fsp3) is 0.500.